The number of thiazole rings is 1. The van der Waals surface area contributed by atoms with Crippen molar-refractivity contribution in [2.24, 2.45) is 0 Å². The molecule has 5 heteroatoms. The Morgan fingerprint density at radius 3 is 3.00 bits per heavy atom. The molecule has 1 aromatic carbocycles. The fourth-order valence-electron chi connectivity index (χ4n) is 2.70. The van der Waals surface area contributed by atoms with E-state index in [1.807, 2.05) is 11.4 Å². The van der Waals surface area contributed by atoms with Crippen LogP contribution >= 0.6 is 11.3 Å². The highest BCUT2D eigenvalue weighted by molar-refractivity contribution is 7.13. The summed E-state index contributed by atoms with van der Waals surface area (Å²) in [6.07, 6.45) is 3.96. The fourth-order valence-corrected chi connectivity index (χ4v) is 3.24. The van der Waals surface area contributed by atoms with Gasteiger partial charge in [0.2, 0.25) is 5.91 Å². The number of anilines is 1. The Labute approximate surface area is 122 Å². The van der Waals surface area contributed by atoms with Gasteiger partial charge in [0.15, 0.2) is 5.13 Å². The minimum absolute atomic E-state index is 0.0165. The van der Waals surface area contributed by atoms with Crippen molar-refractivity contribution in [3.63, 3.8) is 0 Å². The summed E-state index contributed by atoms with van der Waals surface area (Å²) in [5.74, 6) is 0.0165. The molecule has 104 valence electrons. The maximum Gasteiger partial charge on any atom is 0.240 e. The molecular weight excluding hydrogens is 270 g/mol. The molecule has 1 unspecified atom stereocenters. The molecule has 1 saturated heterocycles. The summed E-state index contributed by atoms with van der Waals surface area (Å²) in [6, 6.07) is 10.8. The van der Waals surface area contributed by atoms with Crippen LogP contribution in [0.1, 0.15) is 24.4 Å². The molecule has 3 rings (SSSR count). The van der Waals surface area contributed by atoms with Gasteiger partial charge in [-0.15, -0.1) is 11.3 Å². The Bertz CT molecular complexity index is 556. The van der Waals surface area contributed by atoms with Crippen molar-refractivity contribution in [2.45, 2.75) is 18.9 Å². The van der Waals surface area contributed by atoms with E-state index in [0.29, 0.717) is 17.7 Å². The van der Waals surface area contributed by atoms with Crippen molar-refractivity contribution in [2.75, 3.05) is 18.4 Å². The largest absolute Gasteiger partial charge is 0.301 e. The van der Waals surface area contributed by atoms with Crippen molar-refractivity contribution in [1.29, 1.82) is 0 Å². The Morgan fingerprint density at radius 1 is 1.40 bits per heavy atom. The third kappa shape index (κ3) is 3.05. The lowest BCUT2D eigenvalue weighted by Gasteiger charge is -2.23. The van der Waals surface area contributed by atoms with Gasteiger partial charge in [0.25, 0.3) is 0 Å². The highest BCUT2D eigenvalue weighted by atomic mass is 32.1. The first-order chi connectivity index (χ1) is 9.83. The number of amides is 1. The van der Waals surface area contributed by atoms with Crippen molar-refractivity contribution < 1.29 is 4.79 Å². The lowest BCUT2D eigenvalue weighted by molar-refractivity contribution is -0.117. The number of rotatable bonds is 4. The Balaban J connectivity index is 1.63. The summed E-state index contributed by atoms with van der Waals surface area (Å²) in [4.78, 5) is 18.4. The van der Waals surface area contributed by atoms with E-state index in [-0.39, 0.29) is 5.91 Å². The van der Waals surface area contributed by atoms with E-state index in [0.717, 1.165) is 19.4 Å². The van der Waals surface area contributed by atoms with Gasteiger partial charge in [-0.25, -0.2) is 4.98 Å². The van der Waals surface area contributed by atoms with Gasteiger partial charge in [-0.1, -0.05) is 30.3 Å². The Kier molecular flexibility index (Phi) is 4.08. The first-order valence-corrected chi connectivity index (χ1v) is 7.69. The topological polar surface area (TPSA) is 45.2 Å². The molecule has 1 N–H and O–H groups in total. The minimum atomic E-state index is 0.0165. The van der Waals surface area contributed by atoms with Gasteiger partial charge < -0.3 is 5.32 Å². The molecule has 1 atom stereocenters. The number of aromatic nitrogens is 1. The molecular formula is C15H17N3OS. The van der Waals surface area contributed by atoms with Gasteiger partial charge in [0, 0.05) is 17.6 Å². The van der Waals surface area contributed by atoms with Crippen LogP contribution in [0.2, 0.25) is 0 Å². The summed E-state index contributed by atoms with van der Waals surface area (Å²) in [5.41, 5.74) is 1.30. The van der Waals surface area contributed by atoms with E-state index < -0.39 is 0 Å². The standard InChI is InChI=1S/C15H17N3OS/c19-14(17-15-16-8-10-20-15)11-18-9-4-7-13(18)12-5-2-1-3-6-12/h1-3,5-6,8,10,13H,4,7,9,11H2,(H,16,17,19). The highest BCUT2D eigenvalue weighted by Crippen LogP contribution is 2.31. The molecule has 2 heterocycles. The van der Waals surface area contributed by atoms with Crippen molar-refractivity contribution in [3.05, 3.63) is 47.5 Å². The van der Waals surface area contributed by atoms with Crippen LogP contribution in [0.3, 0.4) is 0 Å². The number of carbonyl (C=O) groups excluding carboxylic acids is 1. The number of nitrogens with one attached hydrogen (secondary N) is 1. The molecule has 0 saturated carbocycles. The van der Waals surface area contributed by atoms with E-state index in [9.17, 15) is 4.79 Å². The van der Waals surface area contributed by atoms with Gasteiger partial charge in [-0.05, 0) is 24.9 Å². The molecule has 1 amide bonds. The molecule has 20 heavy (non-hydrogen) atoms. The molecule has 1 aliphatic heterocycles. The van der Waals surface area contributed by atoms with Crippen LogP contribution in [0.5, 0.6) is 0 Å². The third-order valence-electron chi connectivity index (χ3n) is 3.57. The zero-order chi connectivity index (χ0) is 13.8. The lowest BCUT2D eigenvalue weighted by atomic mass is 10.0. The normalized spacial score (nSPS) is 19.1. The van der Waals surface area contributed by atoms with Crippen LogP contribution < -0.4 is 5.32 Å². The minimum Gasteiger partial charge on any atom is -0.301 e. The number of carbonyl (C=O) groups is 1. The van der Waals surface area contributed by atoms with Gasteiger partial charge in [0.1, 0.15) is 0 Å². The van der Waals surface area contributed by atoms with Gasteiger partial charge >= 0.3 is 0 Å². The van der Waals surface area contributed by atoms with Crippen LogP contribution in [0.4, 0.5) is 5.13 Å². The maximum absolute atomic E-state index is 12.1. The average Bonchev–Trinajstić information content (AvgIpc) is 3.11. The molecule has 0 bridgehead atoms. The zero-order valence-corrected chi connectivity index (χ0v) is 12.0. The fraction of sp³-hybridized carbons (Fsp3) is 0.333. The Morgan fingerprint density at radius 2 is 2.25 bits per heavy atom. The molecule has 0 radical (unpaired) electrons. The van der Waals surface area contributed by atoms with Crippen molar-refractivity contribution in [3.8, 4) is 0 Å². The molecule has 1 aromatic heterocycles. The average molecular weight is 287 g/mol. The Hall–Kier alpha value is -1.72. The molecule has 2 aromatic rings. The maximum atomic E-state index is 12.1. The first kappa shape index (κ1) is 13.3. The van der Waals surface area contributed by atoms with Gasteiger partial charge in [-0.2, -0.15) is 0 Å². The van der Waals surface area contributed by atoms with E-state index in [4.69, 9.17) is 0 Å². The summed E-state index contributed by atoms with van der Waals surface area (Å²) >= 11 is 1.44. The van der Waals surface area contributed by atoms with E-state index in [1.165, 1.54) is 16.9 Å². The van der Waals surface area contributed by atoms with E-state index in [2.05, 4.69) is 39.5 Å². The summed E-state index contributed by atoms with van der Waals surface area (Å²) < 4.78 is 0. The number of hydrogen-bond donors (Lipinski definition) is 1. The summed E-state index contributed by atoms with van der Waals surface area (Å²) in [5, 5.41) is 5.38. The van der Waals surface area contributed by atoms with Crippen LogP contribution in [0.15, 0.2) is 41.9 Å². The van der Waals surface area contributed by atoms with Crippen LogP contribution in [-0.4, -0.2) is 28.9 Å². The van der Waals surface area contributed by atoms with E-state index >= 15 is 0 Å². The predicted molar refractivity (Wildman–Crippen MR) is 80.7 cm³/mol. The molecule has 4 nitrogen and oxygen atoms in total. The van der Waals surface area contributed by atoms with Crippen molar-refractivity contribution >= 4 is 22.4 Å². The molecule has 1 fully saturated rings. The smallest absolute Gasteiger partial charge is 0.240 e. The van der Waals surface area contributed by atoms with Crippen LogP contribution in [0.25, 0.3) is 0 Å². The quantitative estimate of drug-likeness (QED) is 0.940. The second-order valence-electron chi connectivity index (χ2n) is 4.92. The third-order valence-corrected chi connectivity index (χ3v) is 4.26. The van der Waals surface area contributed by atoms with Crippen LogP contribution in [-0.2, 0) is 4.79 Å². The number of nitrogens with zero attached hydrogens (tertiary/aromatic N) is 2. The first-order valence-electron chi connectivity index (χ1n) is 6.81. The zero-order valence-electron chi connectivity index (χ0n) is 11.2. The predicted octanol–water partition coefficient (Wildman–Crippen LogP) is 2.92. The second-order valence-corrected chi connectivity index (χ2v) is 5.82. The van der Waals surface area contributed by atoms with Crippen LogP contribution in [0, 0.1) is 0 Å². The highest BCUT2D eigenvalue weighted by Gasteiger charge is 2.27. The summed E-state index contributed by atoms with van der Waals surface area (Å²) in [6.45, 7) is 1.41. The summed E-state index contributed by atoms with van der Waals surface area (Å²) in [7, 11) is 0. The second kappa shape index (κ2) is 6.15. The van der Waals surface area contributed by atoms with Gasteiger partial charge in [-0.3, -0.25) is 9.69 Å². The molecule has 0 aliphatic carbocycles. The number of likely N-dealkylation sites (tertiary alicyclic amines) is 1. The van der Waals surface area contributed by atoms with Gasteiger partial charge in [0.05, 0.1) is 6.54 Å². The molecule has 1 aliphatic rings. The SMILES string of the molecule is O=C(CN1CCCC1c1ccccc1)Nc1nccs1. The molecule has 0 spiro atoms. The lowest BCUT2D eigenvalue weighted by Crippen LogP contribution is -2.32. The van der Waals surface area contributed by atoms with E-state index in [1.54, 1.807) is 6.20 Å². The number of benzene rings is 1. The van der Waals surface area contributed by atoms with Crippen molar-refractivity contribution in [1.82, 2.24) is 9.88 Å². The monoisotopic (exact) mass is 287 g/mol. The number of hydrogen-bond acceptors (Lipinski definition) is 4.